The number of nitrogens with one attached hydrogen (secondary N) is 3. The lowest BCUT2D eigenvalue weighted by Gasteiger charge is -2.18. The Balaban J connectivity index is 1.51. The molecule has 1 unspecified atom stereocenters. The van der Waals surface area contributed by atoms with Gasteiger partial charge in [0.25, 0.3) is 0 Å². The maximum atomic E-state index is 13.8. The van der Waals surface area contributed by atoms with E-state index in [-0.39, 0.29) is 23.8 Å². The molecule has 0 bridgehead atoms. The van der Waals surface area contributed by atoms with Crippen LogP contribution >= 0.6 is 0 Å². The summed E-state index contributed by atoms with van der Waals surface area (Å²) in [5.41, 5.74) is 1.27. The Morgan fingerprint density at radius 1 is 1.15 bits per heavy atom. The van der Waals surface area contributed by atoms with Crippen molar-refractivity contribution in [2.75, 3.05) is 28.6 Å². The van der Waals surface area contributed by atoms with E-state index in [0.717, 1.165) is 0 Å². The first-order valence-electron chi connectivity index (χ1n) is 8.32. The van der Waals surface area contributed by atoms with Gasteiger partial charge in [0.15, 0.2) is 11.6 Å². The molecule has 1 aromatic carbocycles. The van der Waals surface area contributed by atoms with Crippen molar-refractivity contribution in [2.45, 2.75) is 19.4 Å². The number of pyridine rings is 1. The molecule has 1 aliphatic rings. The van der Waals surface area contributed by atoms with Crippen LogP contribution in [0.25, 0.3) is 0 Å². The van der Waals surface area contributed by atoms with Crippen LogP contribution in [-0.4, -0.2) is 36.1 Å². The molecule has 1 saturated heterocycles. The van der Waals surface area contributed by atoms with Crippen LogP contribution < -0.4 is 20.9 Å². The van der Waals surface area contributed by atoms with Crippen molar-refractivity contribution in [3.8, 4) is 0 Å². The highest BCUT2D eigenvalue weighted by molar-refractivity contribution is 5.91. The van der Waals surface area contributed by atoms with Crippen molar-refractivity contribution >= 4 is 29.1 Å². The number of aromatic nitrogens is 1. The summed E-state index contributed by atoms with van der Waals surface area (Å²) < 4.78 is 13.8. The smallest absolute Gasteiger partial charge is 0.319 e. The largest absolute Gasteiger partial charge is 0.352 e. The summed E-state index contributed by atoms with van der Waals surface area (Å²) in [5.74, 6) is -0.207. The van der Waals surface area contributed by atoms with Gasteiger partial charge in [0.1, 0.15) is 0 Å². The summed E-state index contributed by atoms with van der Waals surface area (Å²) >= 11 is 0. The molecule has 1 atom stereocenters. The van der Waals surface area contributed by atoms with Gasteiger partial charge in [0.2, 0.25) is 5.91 Å². The number of urea groups is 1. The Bertz CT molecular complexity index is 796. The van der Waals surface area contributed by atoms with Gasteiger partial charge in [-0.2, -0.15) is 0 Å². The van der Waals surface area contributed by atoms with Crippen molar-refractivity contribution in [2.24, 2.45) is 0 Å². The van der Waals surface area contributed by atoms with Crippen LogP contribution in [0.5, 0.6) is 0 Å². The second-order valence-electron chi connectivity index (χ2n) is 6.10. The Hall–Kier alpha value is -3.16. The minimum Gasteiger partial charge on any atom is -0.352 e. The van der Waals surface area contributed by atoms with Crippen molar-refractivity contribution in [3.63, 3.8) is 0 Å². The van der Waals surface area contributed by atoms with Crippen LogP contribution in [0.15, 0.2) is 42.6 Å². The van der Waals surface area contributed by atoms with Gasteiger partial charge in [-0.15, -0.1) is 0 Å². The molecule has 0 radical (unpaired) electrons. The second-order valence-corrected chi connectivity index (χ2v) is 6.10. The maximum Gasteiger partial charge on any atom is 0.319 e. The first-order valence-corrected chi connectivity index (χ1v) is 8.32. The van der Waals surface area contributed by atoms with E-state index in [9.17, 15) is 14.0 Å². The number of carbonyl (C=O) groups excluding carboxylic acids is 2. The average Bonchev–Trinajstić information content (AvgIpc) is 3.04. The van der Waals surface area contributed by atoms with Crippen LogP contribution in [0.4, 0.5) is 26.4 Å². The van der Waals surface area contributed by atoms with Gasteiger partial charge < -0.3 is 20.9 Å². The van der Waals surface area contributed by atoms with Gasteiger partial charge in [-0.1, -0.05) is 0 Å². The number of hydrogen-bond acceptors (Lipinski definition) is 4. The number of rotatable bonds is 4. The highest BCUT2D eigenvalue weighted by atomic mass is 19.1. The molecular formula is C18H20FN5O2. The Morgan fingerprint density at radius 3 is 2.50 bits per heavy atom. The third-order valence-corrected chi connectivity index (χ3v) is 4.03. The molecule has 7 nitrogen and oxygen atoms in total. The zero-order valence-corrected chi connectivity index (χ0v) is 14.3. The molecule has 0 saturated carbocycles. The lowest BCUT2D eigenvalue weighted by molar-refractivity contribution is -0.114. The van der Waals surface area contributed by atoms with Crippen molar-refractivity contribution in [3.05, 3.63) is 48.4 Å². The van der Waals surface area contributed by atoms with Crippen molar-refractivity contribution in [1.82, 2.24) is 10.3 Å². The molecule has 3 rings (SSSR count). The number of nitrogens with zero attached hydrogens (tertiary/aromatic N) is 2. The van der Waals surface area contributed by atoms with Crippen LogP contribution in [0.3, 0.4) is 0 Å². The first kappa shape index (κ1) is 17.7. The zero-order valence-electron chi connectivity index (χ0n) is 14.3. The molecular weight excluding hydrogens is 337 g/mol. The van der Waals surface area contributed by atoms with E-state index < -0.39 is 0 Å². The van der Waals surface area contributed by atoms with Crippen molar-refractivity contribution in [1.29, 1.82) is 0 Å². The quantitative estimate of drug-likeness (QED) is 0.785. The third-order valence-electron chi connectivity index (χ3n) is 4.03. The summed E-state index contributed by atoms with van der Waals surface area (Å²) in [5, 5.41) is 8.29. The van der Waals surface area contributed by atoms with Gasteiger partial charge in [-0.3, -0.25) is 4.79 Å². The molecule has 3 amide bonds. The lowest BCUT2D eigenvalue weighted by Crippen LogP contribution is -2.39. The summed E-state index contributed by atoms with van der Waals surface area (Å²) in [6, 6.07) is 9.33. The van der Waals surface area contributed by atoms with E-state index in [4.69, 9.17) is 0 Å². The highest BCUT2D eigenvalue weighted by Gasteiger charge is 2.26. The predicted octanol–water partition coefficient (Wildman–Crippen LogP) is 2.58. The van der Waals surface area contributed by atoms with Gasteiger partial charge in [0, 0.05) is 43.6 Å². The van der Waals surface area contributed by atoms with Crippen molar-refractivity contribution < 1.29 is 14.0 Å². The summed E-state index contributed by atoms with van der Waals surface area (Å²) in [7, 11) is 0. The summed E-state index contributed by atoms with van der Waals surface area (Å²) in [6.45, 7) is 2.56. The van der Waals surface area contributed by atoms with E-state index >= 15 is 0 Å². The highest BCUT2D eigenvalue weighted by Crippen LogP contribution is 2.21. The molecule has 8 heteroatoms. The predicted molar refractivity (Wildman–Crippen MR) is 97.7 cm³/mol. The van der Waals surface area contributed by atoms with E-state index in [0.29, 0.717) is 36.7 Å². The summed E-state index contributed by atoms with van der Waals surface area (Å²) in [4.78, 5) is 29.0. The fourth-order valence-electron chi connectivity index (χ4n) is 2.87. The molecule has 26 heavy (non-hydrogen) atoms. The minimum atomic E-state index is -0.364. The average molecular weight is 357 g/mol. The molecule has 136 valence electrons. The van der Waals surface area contributed by atoms with Crippen LogP contribution in [-0.2, 0) is 4.79 Å². The maximum absolute atomic E-state index is 13.8. The fourth-order valence-corrected chi connectivity index (χ4v) is 2.87. The number of benzene rings is 1. The monoisotopic (exact) mass is 357 g/mol. The Kier molecular flexibility index (Phi) is 5.31. The van der Waals surface area contributed by atoms with Gasteiger partial charge in [-0.25, -0.2) is 14.2 Å². The van der Waals surface area contributed by atoms with Gasteiger partial charge >= 0.3 is 6.03 Å². The normalized spacial score (nSPS) is 16.2. The SMILES string of the molecule is CC(=O)Nc1ccc(NC(=O)NC2CCN(c3ncccc3F)C2)cc1. The van der Waals surface area contributed by atoms with Gasteiger partial charge in [0.05, 0.1) is 0 Å². The molecule has 1 aromatic heterocycles. The van der Waals surface area contributed by atoms with Crippen LogP contribution in [0.1, 0.15) is 13.3 Å². The molecule has 1 aliphatic heterocycles. The number of amides is 3. The standard InChI is InChI=1S/C18H20FN5O2/c1-12(25)21-13-4-6-14(7-5-13)22-18(26)23-15-8-10-24(11-15)17-16(19)3-2-9-20-17/h2-7,9,15H,8,10-11H2,1H3,(H,21,25)(H2,22,23,26). The van der Waals surface area contributed by atoms with E-state index in [1.165, 1.54) is 13.0 Å². The first-order chi connectivity index (χ1) is 12.5. The zero-order chi connectivity index (χ0) is 18.5. The number of halogens is 1. The van der Waals surface area contributed by atoms with E-state index in [2.05, 4.69) is 20.9 Å². The lowest BCUT2D eigenvalue weighted by atomic mass is 10.2. The molecule has 2 heterocycles. The molecule has 2 aromatic rings. The van der Waals surface area contributed by atoms with E-state index in [1.54, 1.807) is 36.5 Å². The van der Waals surface area contributed by atoms with E-state index in [1.807, 2.05) is 4.90 Å². The summed E-state index contributed by atoms with van der Waals surface area (Å²) in [6.07, 6.45) is 2.27. The number of hydrogen-bond donors (Lipinski definition) is 3. The molecule has 0 spiro atoms. The number of anilines is 3. The van der Waals surface area contributed by atoms with Crippen LogP contribution in [0.2, 0.25) is 0 Å². The Morgan fingerprint density at radius 2 is 1.85 bits per heavy atom. The fraction of sp³-hybridized carbons (Fsp3) is 0.278. The number of carbonyl (C=O) groups is 2. The second kappa shape index (κ2) is 7.81. The third kappa shape index (κ3) is 4.47. The molecule has 1 fully saturated rings. The van der Waals surface area contributed by atoms with Crippen LogP contribution in [0, 0.1) is 5.82 Å². The topological polar surface area (TPSA) is 86.4 Å². The molecule has 3 N–H and O–H groups in total. The minimum absolute atomic E-state index is 0.0879. The Labute approximate surface area is 150 Å². The van der Waals surface area contributed by atoms with Gasteiger partial charge in [-0.05, 0) is 42.8 Å². The molecule has 0 aliphatic carbocycles.